The van der Waals surface area contributed by atoms with E-state index in [9.17, 15) is 0 Å². The quantitative estimate of drug-likeness (QED) is 0.107. The second-order valence-corrected chi connectivity index (χ2v) is 16.8. The lowest BCUT2D eigenvalue weighted by molar-refractivity contribution is 1.18. The maximum Gasteiger partial charge on any atom is 0.0708 e. The molecule has 0 spiro atoms. The van der Waals surface area contributed by atoms with Gasteiger partial charge >= 0.3 is 0 Å². The van der Waals surface area contributed by atoms with Gasteiger partial charge in [-0.25, -0.2) is 0 Å². The van der Waals surface area contributed by atoms with Crippen LogP contribution in [-0.4, -0.2) is 32.4 Å². The van der Waals surface area contributed by atoms with Crippen LogP contribution in [0.1, 0.15) is 0 Å². The fourth-order valence-electron chi connectivity index (χ4n) is 9.63. The predicted octanol–water partition coefficient (Wildman–Crippen LogP) is 16.4. The molecule has 12 rings (SSSR count). The normalized spacial score (nSPS) is 11.5. The SMILES string of the molecule is C=C/C=C\C=NC.c1ccc(-n2c3ccc(-c4ccc5c(c4)c4cc(-c6ccccc6-c6ccccn6)ccc4n5-c4ccccc4)cc3c3cc(-c4ccccc4-c4ccccn4)ccc32)cc1. The molecule has 0 radical (unpaired) electrons. The van der Waals surface area contributed by atoms with E-state index >= 15 is 0 Å². The molecule has 0 saturated heterocycles. The van der Waals surface area contributed by atoms with Crippen molar-refractivity contribution in [2.75, 3.05) is 7.05 Å². The number of allylic oxidation sites excluding steroid dienone is 3. The van der Waals surface area contributed by atoms with Gasteiger partial charge in [-0.2, -0.15) is 0 Å². The lowest BCUT2D eigenvalue weighted by Gasteiger charge is -2.11. The van der Waals surface area contributed by atoms with E-state index in [1.54, 1.807) is 19.3 Å². The van der Waals surface area contributed by atoms with Crippen molar-refractivity contribution >= 4 is 49.8 Å². The van der Waals surface area contributed by atoms with Crippen molar-refractivity contribution in [3.63, 3.8) is 0 Å². The van der Waals surface area contributed by atoms with Gasteiger partial charge in [0, 0.05) is 69.7 Å². The molecule has 0 aliphatic heterocycles. The Morgan fingerprint density at radius 2 is 0.739 bits per heavy atom. The van der Waals surface area contributed by atoms with Crippen molar-refractivity contribution in [3.8, 4) is 67.3 Å². The van der Waals surface area contributed by atoms with E-state index in [4.69, 9.17) is 9.97 Å². The summed E-state index contributed by atoms with van der Waals surface area (Å²) in [5.74, 6) is 0. The first-order valence-corrected chi connectivity index (χ1v) is 23.2. The van der Waals surface area contributed by atoms with Gasteiger partial charge in [0.25, 0.3) is 0 Å². The summed E-state index contributed by atoms with van der Waals surface area (Å²) < 4.78 is 4.79. The van der Waals surface area contributed by atoms with E-state index in [0.717, 1.165) is 56.1 Å². The molecule has 0 aliphatic carbocycles. The van der Waals surface area contributed by atoms with Crippen molar-refractivity contribution in [1.82, 2.24) is 19.1 Å². The molecule has 0 amide bonds. The number of aromatic nitrogens is 4. The maximum atomic E-state index is 4.72. The molecule has 328 valence electrons. The van der Waals surface area contributed by atoms with Crippen molar-refractivity contribution in [1.29, 1.82) is 0 Å². The van der Waals surface area contributed by atoms with Crippen LogP contribution in [0, 0.1) is 0 Å². The molecule has 0 atom stereocenters. The zero-order chi connectivity index (χ0) is 46.5. The van der Waals surface area contributed by atoms with Crippen LogP contribution in [0.5, 0.6) is 0 Å². The Morgan fingerprint density at radius 3 is 1.12 bits per heavy atom. The topological polar surface area (TPSA) is 48.0 Å². The molecule has 4 aromatic heterocycles. The predicted molar refractivity (Wildman–Crippen MR) is 292 cm³/mol. The Labute approximate surface area is 402 Å². The van der Waals surface area contributed by atoms with Crippen LogP contribution in [0.25, 0.3) is 111 Å². The largest absolute Gasteiger partial charge is 0.309 e. The number of pyridine rings is 2. The summed E-state index contributed by atoms with van der Waals surface area (Å²) in [5.41, 5.74) is 18.1. The van der Waals surface area contributed by atoms with Gasteiger partial charge in [0.15, 0.2) is 0 Å². The third-order valence-corrected chi connectivity index (χ3v) is 12.7. The fourth-order valence-corrected chi connectivity index (χ4v) is 9.63. The minimum absolute atomic E-state index is 0.964. The average Bonchev–Trinajstić information content (AvgIpc) is 3.93. The molecule has 5 nitrogen and oxygen atoms in total. The first-order chi connectivity index (χ1) is 34.2. The minimum Gasteiger partial charge on any atom is -0.309 e. The van der Waals surface area contributed by atoms with Gasteiger partial charge in [-0.1, -0.05) is 140 Å². The van der Waals surface area contributed by atoms with Crippen LogP contribution in [0.3, 0.4) is 0 Å². The molecular weight excluding hydrogens is 839 g/mol. The number of aliphatic imine (C=N–C) groups is 1. The number of benzene rings is 8. The zero-order valence-corrected chi connectivity index (χ0v) is 38.2. The summed E-state index contributed by atoms with van der Waals surface area (Å²) >= 11 is 0. The number of rotatable bonds is 9. The second-order valence-electron chi connectivity index (χ2n) is 16.8. The van der Waals surface area contributed by atoms with Crippen LogP contribution in [-0.2, 0) is 0 Å². The van der Waals surface area contributed by atoms with Gasteiger partial charge in [0.05, 0.1) is 33.5 Å². The zero-order valence-electron chi connectivity index (χ0n) is 38.2. The molecule has 0 aliphatic rings. The number of nitrogens with zero attached hydrogens (tertiary/aromatic N) is 5. The number of para-hydroxylation sites is 2. The van der Waals surface area contributed by atoms with Gasteiger partial charge in [-0.15, -0.1) is 0 Å². The Hall–Kier alpha value is -9.19. The summed E-state index contributed by atoms with van der Waals surface area (Å²) in [5, 5.41) is 4.83. The lowest BCUT2D eigenvalue weighted by atomic mass is 9.95. The molecule has 0 saturated carbocycles. The highest BCUT2D eigenvalue weighted by Gasteiger charge is 2.19. The highest BCUT2D eigenvalue weighted by molar-refractivity contribution is 6.14. The molecule has 0 N–H and O–H groups in total. The van der Waals surface area contributed by atoms with Gasteiger partial charge in [0.2, 0.25) is 0 Å². The summed E-state index contributed by atoms with van der Waals surface area (Å²) in [4.78, 5) is 13.2. The molecular formula is C64H47N5. The van der Waals surface area contributed by atoms with Gasteiger partial charge in [0.1, 0.15) is 0 Å². The lowest BCUT2D eigenvalue weighted by Crippen LogP contribution is -1.93. The first-order valence-electron chi connectivity index (χ1n) is 23.2. The minimum atomic E-state index is 0.964. The highest BCUT2D eigenvalue weighted by Crippen LogP contribution is 2.42. The van der Waals surface area contributed by atoms with Gasteiger partial charge < -0.3 is 9.13 Å². The number of hydrogen-bond acceptors (Lipinski definition) is 3. The van der Waals surface area contributed by atoms with E-state index in [0.29, 0.717) is 0 Å². The molecule has 8 aromatic carbocycles. The Morgan fingerprint density at radius 1 is 0.377 bits per heavy atom. The molecule has 0 bridgehead atoms. The Balaban J connectivity index is 0.000000693. The van der Waals surface area contributed by atoms with Crippen LogP contribution < -0.4 is 0 Å². The Kier molecular flexibility index (Phi) is 11.7. The van der Waals surface area contributed by atoms with E-state index in [-0.39, 0.29) is 0 Å². The third-order valence-electron chi connectivity index (χ3n) is 12.7. The van der Waals surface area contributed by atoms with Crippen molar-refractivity contribution in [2.45, 2.75) is 0 Å². The van der Waals surface area contributed by atoms with Crippen LogP contribution in [0.2, 0.25) is 0 Å². The third kappa shape index (κ3) is 8.13. The van der Waals surface area contributed by atoms with E-state index in [1.165, 1.54) is 54.7 Å². The standard InChI is InChI=1S/C58H38N4.C6H9N/c1-3-15-43(16-4-1)61-55-29-25-39(35-49(55)51-37-41(27-31-57(51)61)45-19-7-9-21-47(45)53-23-11-13-33-59-53)40-26-30-56-50(36-40)52-38-42(28-32-58(52)62(56)44-17-5-2-6-18-44)46-20-8-10-22-48(46)54-24-12-14-34-60-54;1-3-4-5-6-7-2/h1-38H;3-6H,1H2,2H3/b;5-4-,7-6?. The summed E-state index contributed by atoms with van der Waals surface area (Å²) in [6.45, 7) is 3.48. The molecule has 12 aromatic rings. The summed E-state index contributed by atoms with van der Waals surface area (Å²) in [7, 11) is 1.73. The maximum absolute atomic E-state index is 4.72. The molecule has 4 heterocycles. The number of hydrogen-bond donors (Lipinski definition) is 0. The summed E-state index contributed by atoms with van der Waals surface area (Å²) in [6, 6.07) is 78.5. The van der Waals surface area contributed by atoms with Crippen LogP contribution in [0.4, 0.5) is 0 Å². The van der Waals surface area contributed by atoms with E-state index in [2.05, 4.69) is 227 Å². The molecule has 0 fully saturated rings. The average molecular weight is 886 g/mol. The van der Waals surface area contributed by atoms with E-state index in [1.807, 2.05) is 36.7 Å². The molecule has 69 heavy (non-hydrogen) atoms. The van der Waals surface area contributed by atoms with Crippen LogP contribution >= 0.6 is 0 Å². The highest BCUT2D eigenvalue weighted by atomic mass is 15.0. The van der Waals surface area contributed by atoms with Crippen molar-refractivity contribution < 1.29 is 0 Å². The van der Waals surface area contributed by atoms with Crippen LogP contribution in [0.15, 0.2) is 261 Å². The second kappa shape index (κ2) is 19.0. The fraction of sp³-hybridized carbons (Fsp3) is 0.0156. The Bertz CT molecular complexity index is 3600. The van der Waals surface area contributed by atoms with Gasteiger partial charge in [-0.05, 0) is 137 Å². The molecule has 0 unspecified atom stereocenters. The van der Waals surface area contributed by atoms with E-state index < -0.39 is 0 Å². The van der Waals surface area contributed by atoms with Crippen molar-refractivity contribution in [3.05, 3.63) is 256 Å². The van der Waals surface area contributed by atoms with Crippen molar-refractivity contribution in [2.24, 2.45) is 4.99 Å². The summed E-state index contributed by atoms with van der Waals surface area (Å²) in [6.07, 6.45) is 10.8. The first kappa shape index (κ1) is 42.4. The molecule has 5 heteroatoms. The monoisotopic (exact) mass is 885 g/mol. The van der Waals surface area contributed by atoms with Gasteiger partial charge in [-0.3, -0.25) is 15.0 Å². The number of fused-ring (bicyclic) bond motifs is 6. The smallest absolute Gasteiger partial charge is 0.0708 e.